The van der Waals surface area contributed by atoms with Crippen molar-refractivity contribution < 1.29 is 4.79 Å². The molecule has 10 heavy (non-hydrogen) atoms. The number of carbonyl (C=O) groups is 1. The predicted molar refractivity (Wildman–Crippen MR) is 41.3 cm³/mol. The largest absolute Gasteiger partial charge is 0.369 e. The van der Waals surface area contributed by atoms with E-state index in [1.54, 1.807) is 0 Å². The first kappa shape index (κ1) is 9.43. The summed E-state index contributed by atoms with van der Waals surface area (Å²) >= 11 is 0. The van der Waals surface area contributed by atoms with Crippen LogP contribution in [-0.4, -0.2) is 12.5 Å². The smallest absolute Gasteiger partial charge is 0.223 e. The van der Waals surface area contributed by atoms with E-state index in [2.05, 4.69) is 0 Å². The summed E-state index contributed by atoms with van der Waals surface area (Å²) < 4.78 is 0. The van der Waals surface area contributed by atoms with Gasteiger partial charge in [-0.1, -0.05) is 13.8 Å². The average Bonchev–Trinajstić information content (AvgIpc) is 1.84. The van der Waals surface area contributed by atoms with Crippen LogP contribution in [-0.2, 0) is 4.79 Å². The second-order valence-electron chi connectivity index (χ2n) is 3.14. The molecule has 0 saturated heterocycles. The van der Waals surface area contributed by atoms with Gasteiger partial charge in [0.15, 0.2) is 0 Å². The molecule has 0 aromatic carbocycles. The molecular weight excluding hydrogens is 128 g/mol. The molecule has 0 radical (unpaired) electrons. The van der Waals surface area contributed by atoms with Crippen molar-refractivity contribution >= 4 is 5.91 Å². The SMILES string of the molecule is CC(C)(CCCN)C(N)=O. The van der Waals surface area contributed by atoms with Gasteiger partial charge in [-0.25, -0.2) is 0 Å². The Bertz CT molecular complexity index is 121. The van der Waals surface area contributed by atoms with Gasteiger partial charge in [0.1, 0.15) is 0 Å². The van der Waals surface area contributed by atoms with Crippen LogP contribution in [0.1, 0.15) is 26.7 Å². The Kier molecular flexibility index (Phi) is 3.36. The minimum atomic E-state index is -0.390. The summed E-state index contributed by atoms with van der Waals surface area (Å²) in [7, 11) is 0. The molecule has 0 fully saturated rings. The third-order valence-corrected chi connectivity index (χ3v) is 1.67. The number of hydrogen-bond donors (Lipinski definition) is 2. The van der Waals surface area contributed by atoms with E-state index >= 15 is 0 Å². The highest BCUT2D eigenvalue weighted by Crippen LogP contribution is 2.20. The van der Waals surface area contributed by atoms with E-state index in [1.807, 2.05) is 13.8 Å². The summed E-state index contributed by atoms with van der Waals surface area (Å²) in [5, 5.41) is 0. The Morgan fingerprint density at radius 1 is 1.50 bits per heavy atom. The molecule has 0 heterocycles. The van der Waals surface area contributed by atoms with Crippen molar-refractivity contribution in [2.24, 2.45) is 16.9 Å². The Balaban J connectivity index is 3.75. The summed E-state index contributed by atoms with van der Waals surface area (Å²) in [5.41, 5.74) is 10.0. The molecule has 1 amide bonds. The number of primary amides is 1. The first-order valence-corrected chi connectivity index (χ1v) is 3.50. The Hall–Kier alpha value is -0.570. The maximum Gasteiger partial charge on any atom is 0.223 e. The highest BCUT2D eigenvalue weighted by Gasteiger charge is 2.23. The predicted octanol–water partition coefficient (Wildman–Crippen LogP) is 0.237. The minimum absolute atomic E-state index is 0.249. The summed E-state index contributed by atoms with van der Waals surface area (Å²) in [4.78, 5) is 10.7. The molecule has 0 rings (SSSR count). The lowest BCUT2D eigenvalue weighted by Crippen LogP contribution is -2.31. The lowest BCUT2D eigenvalue weighted by Gasteiger charge is -2.19. The average molecular weight is 144 g/mol. The van der Waals surface area contributed by atoms with Crippen LogP contribution in [0.5, 0.6) is 0 Å². The Morgan fingerprint density at radius 2 is 2.00 bits per heavy atom. The molecule has 3 nitrogen and oxygen atoms in total. The van der Waals surface area contributed by atoms with Gasteiger partial charge in [-0.05, 0) is 19.4 Å². The van der Waals surface area contributed by atoms with E-state index in [4.69, 9.17) is 11.5 Å². The first-order chi connectivity index (χ1) is 4.50. The third kappa shape index (κ3) is 2.82. The van der Waals surface area contributed by atoms with E-state index in [0.29, 0.717) is 6.54 Å². The molecule has 0 bridgehead atoms. The zero-order valence-corrected chi connectivity index (χ0v) is 6.68. The van der Waals surface area contributed by atoms with Gasteiger partial charge in [0.25, 0.3) is 0 Å². The highest BCUT2D eigenvalue weighted by atomic mass is 16.1. The van der Waals surface area contributed by atoms with E-state index in [0.717, 1.165) is 12.8 Å². The van der Waals surface area contributed by atoms with Gasteiger partial charge >= 0.3 is 0 Å². The van der Waals surface area contributed by atoms with E-state index in [1.165, 1.54) is 0 Å². The molecular formula is C7H16N2O. The Morgan fingerprint density at radius 3 is 2.30 bits per heavy atom. The van der Waals surface area contributed by atoms with Gasteiger partial charge in [0.2, 0.25) is 5.91 Å². The summed E-state index contributed by atoms with van der Waals surface area (Å²) in [5.74, 6) is -0.249. The van der Waals surface area contributed by atoms with Crippen LogP contribution in [0.25, 0.3) is 0 Å². The lowest BCUT2D eigenvalue weighted by molar-refractivity contribution is -0.126. The topological polar surface area (TPSA) is 69.1 Å². The maximum absolute atomic E-state index is 10.7. The van der Waals surface area contributed by atoms with Gasteiger partial charge < -0.3 is 11.5 Å². The van der Waals surface area contributed by atoms with Crippen LogP contribution in [0.15, 0.2) is 0 Å². The van der Waals surface area contributed by atoms with Gasteiger partial charge in [0, 0.05) is 5.41 Å². The van der Waals surface area contributed by atoms with Crippen LogP contribution in [0.3, 0.4) is 0 Å². The van der Waals surface area contributed by atoms with Crippen molar-refractivity contribution in [1.82, 2.24) is 0 Å². The zero-order valence-electron chi connectivity index (χ0n) is 6.68. The fourth-order valence-electron chi connectivity index (χ4n) is 0.667. The summed E-state index contributed by atoms with van der Waals surface area (Å²) in [6.07, 6.45) is 1.63. The van der Waals surface area contributed by atoms with Gasteiger partial charge in [-0.3, -0.25) is 4.79 Å². The quantitative estimate of drug-likeness (QED) is 0.593. The van der Waals surface area contributed by atoms with E-state index in [9.17, 15) is 4.79 Å². The molecule has 0 spiro atoms. The van der Waals surface area contributed by atoms with Crippen molar-refractivity contribution in [3.63, 3.8) is 0 Å². The number of carbonyl (C=O) groups excluding carboxylic acids is 1. The second-order valence-corrected chi connectivity index (χ2v) is 3.14. The molecule has 4 N–H and O–H groups in total. The van der Waals surface area contributed by atoms with Gasteiger partial charge in [-0.2, -0.15) is 0 Å². The van der Waals surface area contributed by atoms with Crippen LogP contribution in [0, 0.1) is 5.41 Å². The Labute approximate surface area is 61.8 Å². The zero-order chi connectivity index (χ0) is 8.20. The number of rotatable bonds is 4. The van der Waals surface area contributed by atoms with Crippen molar-refractivity contribution in [3.05, 3.63) is 0 Å². The molecule has 0 aliphatic carbocycles. The molecule has 0 atom stereocenters. The molecule has 3 heteroatoms. The first-order valence-electron chi connectivity index (χ1n) is 3.50. The van der Waals surface area contributed by atoms with E-state index < -0.39 is 0 Å². The summed E-state index contributed by atoms with van der Waals surface area (Å²) in [6, 6.07) is 0. The van der Waals surface area contributed by atoms with Crippen LogP contribution < -0.4 is 11.5 Å². The molecule has 0 unspecified atom stereocenters. The molecule has 0 aliphatic rings. The van der Waals surface area contributed by atoms with Crippen molar-refractivity contribution in [3.8, 4) is 0 Å². The third-order valence-electron chi connectivity index (χ3n) is 1.67. The normalized spacial score (nSPS) is 11.5. The molecule has 0 saturated carbocycles. The summed E-state index contributed by atoms with van der Waals surface area (Å²) in [6.45, 7) is 4.30. The molecule has 0 aromatic rings. The number of nitrogens with two attached hydrogens (primary N) is 2. The molecule has 60 valence electrons. The standard InChI is InChI=1S/C7H16N2O/c1-7(2,6(9)10)4-3-5-8/h3-5,8H2,1-2H3,(H2,9,10). The highest BCUT2D eigenvalue weighted by molar-refractivity contribution is 5.79. The van der Waals surface area contributed by atoms with Crippen LogP contribution >= 0.6 is 0 Å². The molecule has 0 aromatic heterocycles. The molecule has 0 aliphatic heterocycles. The van der Waals surface area contributed by atoms with Crippen molar-refractivity contribution in [2.45, 2.75) is 26.7 Å². The fraction of sp³-hybridized carbons (Fsp3) is 0.857. The fourth-order valence-corrected chi connectivity index (χ4v) is 0.667. The number of amides is 1. The van der Waals surface area contributed by atoms with Crippen LogP contribution in [0.2, 0.25) is 0 Å². The van der Waals surface area contributed by atoms with Crippen molar-refractivity contribution in [2.75, 3.05) is 6.54 Å². The lowest BCUT2D eigenvalue weighted by atomic mass is 9.87. The van der Waals surface area contributed by atoms with Crippen molar-refractivity contribution in [1.29, 1.82) is 0 Å². The maximum atomic E-state index is 10.7. The van der Waals surface area contributed by atoms with E-state index in [-0.39, 0.29) is 11.3 Å². The monoisotopic (exact) mass is 144 g/mol. The van der Waals surface area contributed by atoms with Crippen LogP contribution in [0.4, 0.5) is 0 Å². The second kappa shape index (κ2) is 3.56. The van der Waals surface area contributed by atoms with Gasteiger partial charge in [0.05, 0.1) is 0 Å². The van der Waals surface area contributed by atoms with Gasteiger partial charge in [-0.15, -0.1) is 0 Å². The number of hydrogen-bond acceptors (Lipinski definition) is 2. The minimum Gasteiger partial charge on any atom is -0.369 e.